The molecule has 1 N–H and O–H groups in total. The molecule has 1 aliphatic carbocycles. The number of methoxy groups -OCH3 is 1. The summed E-state index contributed by atoms with van der Waals surface area (Å²) < 4.78 is 44.3. The van der Waals surface area contributed by atoms with Crippen LogP contribution in [0.2, 0.25) is 0 Å². The van der Waals surface area contributed by atoms with Gasteiger partial charge in [0, 0.05) is 19.6 Å². The third kappa shape index (κ3) is 4.21. The number of aliphatic hydroxyl groups is 1. The van der Waals surface area contributed by atoms with Gasteiger partial charge in [0.25, 0.3) is 0 Å². The van der Waals surface area contributed by atoms with Crippen LogP contribution in [-0.4, -0.2) is 36.8 Å². The largest absolute Gasteiger partial charge is 0.497 e. The molecule has 1 saturated heterocycles. The van der Waals surface area contributed by atoms with Crippen LogP contribution < -0.4 is 4.74 Å². The van der Waals surface area contributed by atoms with Gasteiger partial charge in [-0.25, -0.2) is 0 Å². The Labute approximate surface area is 175 Å². The van der Waals surface area contributed by atoms with Crippen LogP contribution in [0, 0.1) is 11.8 Å². The molecule has 0 radical (unpaired) electrons. The molecule has 2 aromatic carbocycles. The lowest BCUT2D eigenvalue weighted by Gasteiger charge is -2.28. The molecule has 162 valence electrons. The van der Waals surface area contributed by atoms with Gasteiger partial charge in [-0.2, -0.15) is 13.2 Å². The smallest absolute Gasteiger partial charge is 0.416 e. The lowest BCUT2D eigenvalue weighted by atomic mass is 9.90. The highest BCUT2D eigenvalue weighted by Crippen LogP contribution is 2.49. The van der Waals surface area contributed by atoms with Crippen molar-refractivity contribution < 1.29 is 23.0 Å². The zero-order valence-electron chi connectivity index (χ0n) is 17.3. The molecule has 4 atom stereocenters. The van der Waals surface area contributed by atoms with Gasteiger partial charge in [0.15, 0.2) is 0 Å². The van der Waals surface area contributed by atoms with Gasteiger partial charge >= 0.3 is 6.18 Å². The molecule has 0 bridgehead atoms. The van der Waals surface area contributed by atoms with E-state index in [2.05, 4.69) is 4.90 Å². The number of hydrogen-bond acceptors (Lipinski definition) is 3. The van der Waals surface area contributed by atoms with E-state index in [0.717, 1.165) is 42.6 Å². The van der Waals surface area contributed by atoms with Gasteiger partial charge in [0.2, 0.25) is 0 Å². The molecule has 1 aliphatic heterocycles. The van der Waals surface area contributed by atoms with E-state index in [9.17, 15) is 18.3 Å². The number of hydrogen-bond donors (Lipinski definition) is 1. The number of halogens is 3. The Morgan fingerprint density at radius 1 is 1.10 bits per heavy atom. The van der Waals surface area contributed by atoms with E-state index in [1.807, 2.05) is 31.2 Å². The number of benzene rings is 2. The highest BCUT2D eigenvalue weighted by molar-refractivity contribution is 5.33. The van der Waals surface area contributed by atoms with Crippen LogP contribution in [0.5, 0.6) is 5.75 Å². The molecule has 2 aromatic rings. The van der Waals surface area contributed by atoms with Gasteiger partial charge in [0.05, 0.1) is 18.3 Å². The van der Waals surface area contributed by atoms with E-state index in [4.69, 9.17) is 4.74 Å². The molecule has 4 rings (SSSR count). The summed E-state index contributed by atoms with van der Waals surface area (Å²) in [6.07, 6.45) is -2.90. The second-order valence-electron chi connectivity index (χ2n) is 8.93. The summed E-state index contributed by atoms with van der Waals surface area (Å²) in [7, 11) is 1.62. The van der Waals surface area contributed by atoms with Crippen molar-refractivity contribution in [2.24, 2.45) is 11.8 Å². The molecule has 1 unspecified atom stereocenters. The van der Waals surface area contributed by atoms with Crippen molar-refractivity contribution in [3.05, 3.63) is 65.2 Å². The number of rotatable bonds is 5. The predicted octanol–water partition coefficient (Wildman–Crippen LogP) is 5.05. The minimum absolute atomic E-state index is 0.0170. The van der Waals surface area contributed by atoms with Gasteiger partial charge < -0.3 is 14.7 Å². The van der Waals surface area contributed by atoms with Crippen LogP contribution in [0.4, 0.5) is 13.2 Å². The molecule has 3 nitrogen and oxygen atoms in total. The van der Waals surface area contributed by atoms with Crippen molar-refractivity contribution >= 4 is 0 Å². The Morgan fingerprint density at radius 2 is 1.77 bits per heavy atom. The minimum atomic E-state index is -4.31. The van der Waals surface area contributed by atoms with Crippen LogP contribution in [0.1, 0.15) is 42.4 Å². The molecular weight excluding hydrogens is 391 g/mol. The fraction of sp³-hybridized carbons (Fsp3) is 0.500. The summed E-state index contributed by atoms with van der Waals surface area (Å²) in [6, 6.07) is 13.3. The third-order valence-corrected chi connectivity index (χ3v) is 6.77. The monoisotopic (exact) mass is 419 g/mol. The number of ether oxygens (including phenoxy) is 1. The Hall–Kier alpha value is -2.05. The van der Waals surface area contributed by atoms with Crippen LogP contribution in [0.3, 0.4) is 0 Å². The maximum atomic E-state index is 13.0. The van der Waals surface area contributed by atoms with Crippen LogP contribution >= 0.6 is 0 Å². The second-order valence-corrected chi connectivity index (χ2v) is 8.93. The van der Waals surface area contributed by atoms with E-state index < -0.39 is 17.3 Å². The summed E-state index contributed by atoms with van der Waals surface area (Å²) in [6.45, 7) is 4.46. The predicted molar refractivity (Wildman–Crippen MR) is 109 cm³/mol. The van der Waals surface area contributed by atoms with E-state index in [-0.39, 0.29) is 5.92 Å². The molecule has 2 fully saturated rings. The Kier molecular flexibility index (Phi) is 5.58. The molecule has 0 spiro atoms. The van der Waals surface area contributed by atoms with Gasteiger partial charge in [-0.1, -0.05) is 37.3 Å². The Bertz CT molecular complexity index is 884. The fourth-order valence-corrected chi connectivity index (χ4v) is 5.26. The van der Waals surface area contributed by atoms with Gasteiger partial charge in [0.1, 0.15) is 5.75 Å². The Balaban J connectivity index is 1.39. The molecule has 1 heterocycles. The SMILES string of the molecule is COc1cccc([C@]2(O)C[C@H]3CN(CC(C)c4cccc(C(F)(F)F)c4)C[C@H]3C2)c1. The van der Waals surface area contributed by atoms with E-state index in [1.54, 1.807) is 13.2 Å². The summed E-state index contributed by atoms with van der Waals surface area (Å²) >= 11 is 0. The summed E-state index contributed by atoms with van der Waals surface area (Å²) in [5.74, 6) is 1.56. The average molecular weight is 419 g/mol. The molecular formula is C24H28F3NO2. The van der Waals surface area contributed by atoms with Crippen molar-refractivity contribution in [3.8, 4) is 5.75 Å². The molecule has 1 saturated carbocycles. The zero-order valence-corrected chi connectivity index (χ0v) is 17.3. The normalized spacial score (nSPS) is 27.8. The second kappa shape index (κ2) is 7.89. The van der Waals surface area contributed by atoms with Crippen LogP contribution in [-0.2, 0) is 11.8 Å². The first-order chi connectivity index (χ1) is 14.2. The molecule has 2 aliphatic rings. The topological polar surface area (TPSA) is 32.7 Å². The van der Waals surface area contributed by atoms with E-state index in [0.29, 0.717) is 24.7 Å². The fourth-order valence-electron chi connectivity index (χ4n) is 5.26. The standard InChI is InChI=1S/C24H28F3NO2/c1-16(17-5-3-7-21(9-17)24(25,26)27)13-28-14-18-11-23(29,12-19(18)15-28)20-6-4-8-22(10-20)30-2/h3-10,16,18-19,29H,11-15H2,1-2H3/t16?,18-,19+,23-. The van der Waals surface area contributed by atoms with Gasteiger partial charge in [-0.05, 0) is 59.9 Å². The lowest BCUT2D eigenvalue weighted by Crippen LogP contribution is -2.30. The van der Waals surface area contributed by atoms with Crippen molar-refractivity contribution in [2.75, 3.05) is 26.7 Å². The van der Waals surface area contributed by atoms with Crippen molar-refractivity contribution in [1.29, 1.82) is 0 Å². The van der Waals surface area contributed by atoms with Crippen molar-refractivity contribution in [3.63, 3.8) is 0 Å². The summed E-state index contributed by atoms with van der Waals surface area (Å²) in [5, 5.41) is 11.3. The average Bonchev–Trinajstić information content (AvgIpc) is 3.22. The van der Waals surface area contributed by atoms with Gasteiger partial charge in [-0.15, -0.1) is 0 Å². The molecule has 6 heteroatoms. The van der Waals surface area contributed by atoms with Crippen LogP contribution in [0.25, 0.3) is 0 Å². The Morgan fingerprint density at radius 3 is 2.40 bits per heavy atom. The van der Waals surface area contributed by atoms with Crippen molar-refractivity contribution in [2.45, 2.75) is 37.5 Å². The molecule has 0 aromatic heterocycles. The molecule has 0 amide bonds. The zero-order chi connectivity index (χ0) is 21.5. The maximum Gasteiger partial charge on any atom is 0.416 e. The summed E-state index contributed by atoms with van der Waals surface area (Å²) in [5.41, 5.74) is 0.200. The minimum Gasteiger partial charge on any atom is -0.497 e. The van der Waals surface area contributed by atoms with E-state index >= 15 is 0 Å². The maximum absolute atomic E-state index is 13.0. The van der Waals surface area contributed by atoms with E-state index in [1.165, 1.54) is 12.1 Å². The summed E-state index contributed by atoms with van der Waals surface area (Å²) in [4.78, 5) is 2.34. The van der Waals surface area contributed by atoms with Crippen LogP contribution in [0.15, 0.2) is 48.5 Å². The van der Waals surface area contributed by atoms with Crippen molar-refractivity contribution in [1.82, 2.24) is 4.90 Å². The quantitative estimate of drug-likeness (QED) is 0.737. The highest BCUT2D eigenvalue weighted by Gasteiger charge is 2.49. The molecule has 30 heavy (non-hydrogen) atoms. The first-order valence-corrected chi connectivity index (χ1v) is 10.4. The number of nitrogens with zero attached hydrogens (tertiary/aromatic N) is 1. The number of likely N-dealkylation sites (tertiary alicyclic amines) is 1. The lowest BCUT2D eigenvalue weighted by molar-refractivity contribution is -0.137. The number of alkyl halides is 3. The highest BCUT2D eigenvalue weighted by atomic mass is 19.4. The number of fused-ring (bicyclic) bond motifs is 1. The van der Waals surface area contributed by atoms with Gasteiger partial charge in [-0.3, -0.25) is 0 Å². The third-order valence-electron chi connectivity index (χ3n) is 6.77. The first-order valence-electron chi connectivity index (χ1n) is 10.4. The first kappa shape index (κ1) is 21.2.